The molecule has 0 aromatic heterocycles. The van der Waals surface area contributed by atoms with E-state index >= 15 is 0 Å². The Morgan fingerprint density at radius 1 is 0.650 bits per heavy atom. The van der Waals surface area contributed by atoms with E-state index in [0.717, 1.165) is 19.7 Å². The van der Waals surface area contributed by atoms with E-state index in [4.69, 9.17) is 23.7 Å². The lowest BCUT2D eigenvalue weighted by Crippen LogP contribution is -2.20. The summed E-state index contributed by atoms with van der Waals surface area (Å²) in [6.07, 6.45) is 0. The Bertz CT molecular complexity index is 150. The third-order valence-electron chi connectivity index (χ3n) is 2.22. The predicted octanol–water partition coefficient (Wildman–Crippen LogP) is 0.731. The molecule has 0 spiro atoms. The van der Waals surface area contributed by atoms with Gasteiger partial charge in [0, 0.05) is 13.7 Å². The zero-order chi connectivity index (χ0) is 14.0. The maximum atomic E-state index is 5.36. The monoisotopic (exact) mass is 315 g/mol. The van der Waals surface area contributed by atoms with Crippen LogP contribution in [0.2, 0.25) is 0 Å². The number of likely N-dealkylation sites (N-methyl/N-ethyl adjacent to an activating group) is 1. The highest BCUT2D eigenvalue weighted by Crippen LogP contribution is 1.83. The number of rotatable bonds is 16. The largest absolute Gasteiger partial charge is 0.382 e. The summed E-state index contributed by atoms with van der Waals surface area (Å²) in [6.45, 7) is 9.51. The zero-order valence-electron chi connectivity index (χ0n) is 12.7. The molecule has 20 heavy (non-hydrogen) atoms. The van der Waals surface area contributed by atoms with Gasteiger partial charge in [0.2, 0.25) is 0 Å². The fourth-order valence-corrected chi connectivity index (χ4v) is 1.23. The van der Waals surface area contributed by atoms with Crippen LogP contribution in [-0.2, 0) is 23.7 Å². The molecule has 0 aliphatic heterocycles. The van der Waals surface area contributed by atoms with Crippen molar-refractivity contribution >= 4 is 12.4 Å². The molecule has 0 fully saturated rings. The number of hydrogen-bond donors (Lipinski definition) is 1. The average molecular weight is 316 g/mol. The summed E-state index contributed by atoms with van der Waals surface area (Å²) in [5.74, 6) is 0. The Labute approximate surface area is 128 Å². The van der Waals surface area contributed by atoms with Crippen molar-refractivity contribution in [3.63, 3.8) is 0 Å². The molecule has 0 rings (SSSR count). The minimum Gasteiger partial charge on any atom is -0.382 e. The Morgan fingerprint density at radius 2 is 1.05 bits per heavy atom. The first-order chi connectivity index (χ1) is 9.41. The van der Waals surface area contributed by atoms with Crippen molar-refractivity contribution in [2.45, 2.75) is 6.92 Å². The Morgan fingerprint density at radius 3 is 1.45 bits per heavy atom. The van der Waals surface area contributed by atoms with Crippen LogP contribution in [0.5, 0.6) is 0 Å². The van der Waals surface area contributed by atoms with Crippen LogP contribution in [0.15, 0.2) is 0 Å². The first-order valence-electron chi connectivity index (χ1n) is 6.92. The first-order valence-corrected chi connectivity index (χ1v) is 6.92. The molecule has 6 nitrogen and oxygen atoms in total. The lowest BCUT2D eigenvalue weighted by Gasteiger charge is -2.07. The van der Waals surface area contributed by atoms with Gasteiger partial charge in [0.05, 0.1) is 59.5 Å². The highest BCUT2D eigenvalue weighted by molar-refractivity contribution is 5.85. The maximum Gasteiger partial charge on any atom is 0.0701 e. The van der Waals surface area contributed by atoms with Gasteiger partial charge in [-0.2, -0.15) is 0 Å². The fraction of sp³-hybridized carbons (Fsp3) is 1.00. The lowest BCUT2D eigenvalue weighted by atomic mass is 10.6. The van der Waals surface area contributed by atoms with E-state index in [1.807, 2.05) is 0 Å². The van der Waals surface area contributed by atoms with E-state index < -0.39 is 0 Å². The van der Waals surface area contributed by atoms with Crippen LogP contribution < -0.4 is 5.32 Å². The second-order valence-electron chi connectivity index (χ2n) is 3.80. The minimum absolute atomic E-state index is 0. The number of halogens is 1. The molecule has 0 radical (unpaired) electrons. The van der Waals surface area contributed by atoms with Gasteiger partial charge in [-0.1, -0.05) is 6.92 Å². The third-order valence-corrected chi connectivity index (χ3v) is 2.22. The van der Waals surface area contributed by atoms with Crippen molar-refractivity contribution < 1.29 is 23.7 Å². The van der Waals surface area contributed by atoms with E-state index in [-0.39, 0.29) is 12.4 Å². The van der Waals surface area contributed by atoms with E-state index in [0.29, 0.717) is 52.9 Å². The number of hydrogen-bond acceptors (Lipinski definition) is 6. The highest BCUT2D eigenvalue weighted by atomic mass is 35.5. The molecule has 0 unspecified atom stereocenters. The number of ether oxygens (including phenoxy) is 5. The van der Waals surface area contributed by atoms with Crippen LogP contribution >= 0.6 is 12.4 Å². The van der Waals surface area contributed by atoms with Crippen molar-refractivity contribution in [1.82, 2.24) is 5.32 Å². The standard InChI is InChI=1S/C13H29NO5.ClH/c1-3-14-4-5-16-8-9-18-12-13-19-11-10-17-7-6-15-2;/h14H,3-13H2,1-2H3;1H. The van der Waals surface area contributed by atoms with Crippen molar-refractivity contribution in [3.05, 3.63) is 0 Å². The molecule has 0 amide bonds. The van der Waals surface area contributed by atoms with Gasteiger partial charge in [-0.15, -0.1) is 12.4 Å². The van der Waals surface area contributed by atoms with Crippen LogP contribution in [0.25, 0.3) is 0 Å². The summed E-state index contributed by atoms with van der Waals surface area (Å²) in [5, 5.41) is 3.19. The van der Waals surface area contributed by atoms with Gasteiger partial charge in [-0.05, 0) is 6.54 Å². The fourth-order valence-electron chi connectivity index (χ4n) is 1.23. The Kier molecular flexibility index (Phi) is 23.8. The summed E-state index contributed by atoms with van der Waals surface area (Å²) >= 11 is 0. The summed E-state index contributed by atoms with van der Waals surface area (Å²) in [4.78, 5) is 0. The van der Waals surface area contributed by atoms with Gasteiger partial charge in [-0.3, -0.25) is 0 Å². The number of nitrogens with one attached hydrogen (secondary N) is 1. The number of methoxy groups -OCH3 is 1. The second-order valence-corrected chi connectivity index (χ2v) is 3.80. The van der Waals surface area contributed by atoms with Crippen LogP contribution in [-0.4, -0.2) is 79.7 Å². The summed E-state index contributed by atoms with van der Waals surface area (Å²) < 4.78 is 26.1. The van der Waals surface area contributed by atoms with Crippen LogP contribution in [0, 0.1) is 0 Å². The van der Waals surface area contributed by atoms with Gasteiger partial charge in [-0.25, -0.2) is 0 Å². The van der Waals surface area contributed by atoms with Crippen molar-refractivity contribution in [2.75, 3.05) is 79.7 Å². The SMILES string of the molecule is CCNCCOCCOCCOCCOCCOC.Cl. The molecular formula is C13H30ClNO5. The Hall–Kier alpha value is 0.0500. The van der Waals surface area contributed by atoms with Gasteiger partial charge < -0.3 is 29.0 Å². The molecule has 0 aromatic rings. The zero-order valence-corrected chi connectivity index (χ0v) is 13.5. The molecule has 0 atom stereocenters. The first kappa shape index (κ1) is 22.3. The molecule has 1 N–H and O–H groups in total. The highest BCUT2D eigenvalue weighted by Gasteiger charge is 1.92. The summed E-state index contributed by atoms with van der Waals surface area (Å²) in [6, 6.07) is 0. The van der Waals surface area contributed by atoms with Crippen molar-refractivity contribution in [3.8, 4) is 0 Å². The molecule has 7 heteroatoms. The van der Waals surface area contributed by atoms with E-state index in [1.54, 1.807) is 7.11 Å². The maximum absolute atomic E-state index is 5.36. The van der Waals surface area contributed by atoms with Gasteiger partial charge in [0.1, 0.15) is 0 Å². The molecule has 0 aliphatic carbocycles. The van der Waals surface area contributed by atoms with Crippen LogP contribution in [0.4, 0.5) is 0 Å². The average Bonchev–Trinajstić information content (AvgIpc) is 2.43. The summed E-state index contributed by atoms with van der Waals surface area (Å²) in [7, 11) is 1.65. The third kappa shape index (κ3) is 20.4. The van der Waals surface area contributed by atoms with Crippen LogP contribution in [0.1, 0.15) is 6.92 Å². The molecule has 0 saturated heterocycles. The van der Waals surface area contributed by atoms with E-state index in [9.17, 15) is 0 Å². The molecule has 0 heterocycles. The predicted molar refractivity (Wildman–Crippen MR) is 80.9 cm³/mol. The van der Waals surface area contributed by atoms with Crippen LogP contribution in [0.3, 0.4) is 0 Å². The molecule has 124 valence electrons. The minimum atomic E-state index is 0. The van der Waals surface area contributed by atoms with Gasteiger partial charge >= 0.3 is 0 Å². The smallest absolute Gasteiger partial charge is 0.0701 e. The lowest BCUT2D eigenvalue weighted by molar-refractivity contribution is -0.00747. The molecule has 0 saturated carbocycles. The van der Waals surface area contributed by atoms with Crippen molar-refractivity contribution in [1.29, 1.82) is 0 Å². The van der Waals surface area contributed by atoms with Gasteiger partial charge in [0.15, 0.2) is 0 Å². The second kappa shape index (κ2) is 21.4. The molecule has 0 aliphatic rings. The van der Waals surface area contributed by atoms with Crippen molar-refractivity contribution in [2.24, 2.45) is 0 Å². The Balaban J connectivity index is 0. The molecule has 0 aromatic carbocycles. The molecular weight excluding hydrogens is 286 g/mol. The summed E-state index contributed by atoms with van der Waals surface area (Å²) in [5.41, 5.74) is 0. The van der Waals surface area contributed by atoms with E-state index in [1.165, 1.54) is 0 Å². The topological polar surface area (TPSA) is 58.2 Å². The molecule has 0 bridgehead atoms. The van der Waals surface area contributed by atoms with Gasteiger partial charge in [0.25, 0.3) is 0 Å². The quantitative estimate of drug-likeness (QED) is 0.424. The normalized spacial score (nSPS) is 10.5. The van der Waals surface area contributed by atoms with E-state index in [2.05, 4.69) is 12.2 Å².